The van der Waals surface area contributed by atoms with Crippen LogP contribution in [0, 0.1) is 0 Å². The molecule has 6 aromatic rings. The number of esters is 1. The molecule has 11 N–H and O–H groups in total. The number of thiocarbonyl (C=S) groups is 1. The minimum Gasteiger partial charge on any atom is -0.508 e. The van der Waals surface area contributed by atoms with E-state index in [0.29, 0.717) is 33.8 Å². The second-order valence-electron chi connectivity index (χ2n) is 14.3. The molecule has 1 spiro atoms. The molecule has 2 aliphatic heterocycles. The molecule has 20 nitrogen and oxygen atoms in total. The minimum absolute atomic E-state index is 0. The second-order valence-corrected chi connectivity index (χ2v) is 14.8. The number of ether oxygens (including phenoxy) is 2. The summed E-state index contributed by atoms with van der Waals surface area (Å²) in [5.74, 6) is -2.67. The van der Waals surface area contributed by atoms with Gasteiger partial charge in [-0.3, -0.25) is 19.4 Å². The fourth-order valence-corrected chi connectivity index (χ4v) is 7.41. The molecule has 0 saturated carbocycles. The maximum absolute atomic E-state index is 13.4. The van der Waals surface area contributed by atoms with Crippen LogP contribution in [0.2, 0.25) is 0 Å². The molecular formula is C42H36N10NaO10S. The van der Waals surface area contributed by atoms with E-state index >= 15 is 0 Å². The number of rotatable bonds is 13. The number of nitrogens with zero attached hydrogens (tertiary/aromatic N) is 3. The molecule has 0 bridgehead atoms. The second kappa shape index (κ2) is 18.6. The first-order chi connectivity index (χ1) is 30.3. The summed E-state index contributed by atoms with van der Waals surface area (Å²) in [5.41, 5.74) is 7.24. The summed E-state index contributed by atoms with van der Waals surface area (Å²) in [5, 5.41) is 44.4. The number of carbonyl (C=O) groups is 4. The molecule has 321 valence electrons. The number of aromatic hydroxyl groups is 2. The Bertz CT molecular complexity index is 2860. The van der Waals surface area contributed by atoms with Gasteiger partial charge >= 0.3 is 11.9 Å². The van der Waals surface area contributed by atoms with E-state index in [1.807, 2.05) is 0 Å². The molecule has 0 unspecified atom stereocenters. The van der Waals surface area contributed by atoms with Gasteiger partial charge in [0.05, 0.1) is 24.0 Å². The van der Waals surface area contributed by atoms with E-state index in [9.17, 15) is 39.3 Å². The molecule has 0 aliphatic carbocycles. The molecule has 1 radical (unpaired) electrons. The van der Waals surface area contributed by atoms with E-state index < -0.39 is 41.0 Å². The van der Waals surface area contributed by atoms with Crippen molar-refractivity contribution in [2.75, 3.05) is 29.5 Å². The molecule has 1 atom stereocenters. The number of benzene rings is 4. The maximum Gasteiger partial charge on any atom is 0.340 e. The predicted octanol–water partition coefficient (Wildman–Crippen LogP) is 2.57. The molecule has 22 heteroatoms. The standard InChI is InChI=1S/C42H36N10O10S.Na/c43-40-51-35-34(37(57)52-40)48-23(19-47-35)18-46-21-3-1-20(2-4-21)36(56)50-30(38(58)59)11-12-33(55)44-13-14-45-41(63)49-22-5-8-27-26(15-22)39(60)62-42(27)28-9-6-24(53)16-31(28)61-32-17-25(54)7-10-29(32)42;/h1-10,15-17,19,30,46,53-54H,11-14,18H2,(H,44,55)(H,50,56)(H,58,59)(H2,45,49,63)(H3,43,47,51,52,57);/t30-;/m0./s1. The number of fused-ring (bicyclic) bond motifs is 7. The molecule has 0 saturated heterocycles. The number of phenols is 2. The van der Waals surface area contributed by atoms with Crippen LogP contribution in [0.15, 0.2) is 89.9 Å². The van der Waals surface area contributed by atoms with E-state index in [4.69, 9.17) is 27.4 Å². The molecule has 4 heterocycles. The summed E-state index contributed by atoms with van der Waals surface area (Å²) in [4.78, 5) is 77.7. The third-order valence-electron chi connectivity index (χ3n) is 10.1. The first kappa shape index (κ1) is 44.7. The normalized spacial score (nSPS) is 13.2. The van der Waals surface area contributed by atoms with Crippen LogP contribution in [0.25, 0.3) is 11.2 Å². The van der Waals surface area contributed by atoms with Gasteiger partial charge in [-0.2, -0.15) is 4.98 Å². The summed E-state index contributed by atoms with van der Waals surface area (Å²) in [6.45, 7) is 0.533. The van der Waals surface area contributed by atoms with Crippen LogP contribution in [0.4, 0.5) is 17.3 Å². The number of phenolic OH excluding ortho intramolecular Hbond substituents is 2. The zero-order chi connectivity index (χ0) is 44.4. The number of carboxylic acids is 1. The van der Waals surface area contributed by atoms with Gasteiger partial charge in [0.25, 0.3) is 11.5 Å². The van der Waals surface area contributed by atoms with Crippen molar-refractivity contribution in [3.05, 3.63) is 129 Å². The van der Waals surface area contributed by atoms with Gasteiger partial charge in [0.1, 0.15) is 29.0 Å². The number of aromatic amines is 1. The smallest absolute Gasteiger partial charge is 0.340 e. The average molecular weight is 896 g/mol. The van der Waals surface area contributed by atoms with E-state index in [-0.39, 0.29) is 118 Å². The Kier molecular flexibility index (Phi) is 13.0. The summed E-state index contributed by atoms with van der Waals surface area (Å²) in [6, 6.07) is 18.9. The van der Waals surface area contributed by atoms with Crippen molar-refractivity contribution in [1.29, 1.82) is 0 Å². The predicted molar refractivity (Wildman–Crippen MR) is 235 cm³/mol. The summed E-state index contributed by atoms with van der Waals surface area (Å²) < 4.78 is 12.1. The Morgan fingerprint density at radius 1 is 0.859 bits per heavy atom. The first-order valence-corrected chi connectivity index (χ1v) is 19.6. The molecule has 0 fully saturated rings. The van der Waals surface area contributed by atoms with Crippen molar-refractivity contribution in [3.8, 4) is 23.0 Å². The number of aliphatic carboxylic acids is 1. The SMILES string of the molecule is Nc1nc2ncc(CNc3ccc(C(=O)N[C@@H](CCC(=O)NCCNC(=S)Nc4ccc5c(c4)C(=O)OC54c5ccc(O)cc5Oc5cc(O)ccc54)C(=O)O)cc3)nc2c(=O)[nH]1.[Na]. The van der Waals surface area contributed by atoms with Crippen LogP contribution in [0.1, 0.15) is 55.9 Å². The zero-order valence-corrected chi connectivity index (χ0v) is 36.5. The molecule has 2 aliphatic rings. The van der Waals surface area contributed by atoms with Crippen LogP contribution in [-0.4, -0.2) is 113 Å². The largest absolute Gasteiger partial charge is 0.508 e. The number of aromatic nitrogens is 4. The number of hydrogen-bond donors (Lipinski definition) is 10. The van der Waals surface area contributed by atoms with Gasteiger partial charge in [-0.15, -0.1) is 0 Å². The van der Waals surface area contributed by atoms with Crippen LogP contribution >= 0.6 is 12.2 Å². The average Bonchev–Trinajstić information content (AvgIpc) is 3.53. The minimum atomic E-state index is -1.41. The fourth-order valence-electron chi connectivity index (χ4n) is 7.19. The Morgan fingerprint density at radius 3 is 2.20 bits per heavy atom. The summed E-state index contributed by atoms with van der Waals surface area (Å²) >= 11 is 5.43. The third-order valence-corrected chi connectivity index (χ3v) is 10.4. The monoisotopic (exact) mass is 895 g/mol. The van der Waals surface area contributed by atoms with Crippen LogP contribution < -0.4 is 42.6 Å². The number of hydrogen-bond acceptors (Lipinski definition) is 15. The molecular weight excluding hydrogens is 860 g/mol. The van der Waals surface area contributed by atoms with E-state index in [1.54, 1.807) is 42.5 Å². The van der Waals surface area contributed by atoms with Crippen LogP contribution in [0.5, 0.6) is 23.0 Å². The number of nitrogens with two attached hydrogens (primary N) is 1. The number of nitrogen functional groups attached to an aromatic ring is 1. The number of anilines is 3. The number of amides is 2. The molecule has 4 aromatic carbocycles. The Balaban J connectivity index is 0.00000612. The van der Waals surface area contributed by atoms with Gasteiger partial charge < -0.3 is 57.1 Å². The van der Waals surface area contributed by atoms with Crippen LogP contribution in [0.3, 0.4) is 0 Å². The van der Waals surface area contributed by atoms with E-state index in [2.05, 4.69) is 46.5 Å². The number of nitrogens with one attached hydrogen (secondary N) is 6. The van der Waals surface area contributed by atoms with Gasteiger partial charge in [0.15, 0.2) is 21.9 Å². The Morgan fingerprint density at radius 2 is 1.52 bits per heavy atom. The fraction of sp³-hybridized carbons (Fsp3) is 0.167. The Hall–Kier alpha value is -7.33. The third kappa shape index (κ3) is 9.22. The van der Waals surface area contributed by atoms with Crippen molar-refractivity contribution in [1.82, 2.24) is 35.9 Å². The van der Waals surface area contributed by atoms with E-state index in [0.717, 1.165) is 0 Å². The van der Waals surface area contributed by atoms with Gasteiger partial charge in [-0.25, -0.2) is 19.6 Å². The number of carboxylic acid groups (broad SMARTS) is 1. The van der Waals surface area contributed by atoms with Gasteiger partial charge in [0.2, 0.25) is 11.9 Å². The topological polar surface area (TPSA) is 305 Å². The van der Waals surface area contributed by atoms with Gasteiger partial charge in [-0.1, -0.05) is 6.07 Å². The van der Waals surface area contributed by atoms with Gasteiger partial charge in [-0.05, 0) is 79.3 Å². The zero-order valence-electron chi connectivity index (χ0n) is 33.7. The molecule has 2 aromatic heterocycles. The Labute approximate surface area is 389 Å². The van der Waals surface area contributed by atoms with Crippen LogP contribution in [-0.2, 0) is 26.5 Å². The molecule has 8 rings (SSSR count). The number of H-pyrrole nitrogens is 1. The number of carbonyl (C=O) groups excluding carboxylic acids is 3. The quantitative estimate of drug-likeness (QED) is 0.0345. The van der Waals surface area contributed by atoms with Crippen molar-refractivity contribution < 1.29 is 44.0 Å². The van der Waals surface area contributed by atoms with Gasteiger partial charge in [0, 0.05) is 94.8 Å². The van der Waals surface area contributed by atoms with Crippen molar-refractivity contribution >= 4 is 99.1 Å². The van der Waals surface area contributed by atoms with Crippen molar-refractivity contribution in [2.24, 2.45) is 0 Å². The first-order valence-electron chi connectivity index (χ1n) is 19.2. The van der Waals surface area contributed by atoms with E-state index in [1.165, 1.54) is 42.6 Å². The summed E-state index contributed by atoms with van der Waals surface area (Å²) in [7, 11) is 0. The van der Waals surface area contributed by atoms with Crippen molar-refractivity contribution in [3.63, 3.8) is 0 Å². The molecule has 64 heavy (non-hydrogen) atoms. The molecule has 2 amide bonds. The summed E-state index contributed by atoms with van der Waals surface area (Å²) in [6.07, 6.45) is 1.09. The maximum atomic E-state index is 13.4. The van der Waals surface area contributed by atoms with Crippen molar-refractivity contribution in [2.45, 2.75) is 31.0 Å².